The summed E-state index contributed by atoms with van der Waals surface area (Å²) in [5, 5.41) is 10.6. The third kappa shape index (κ3) is 1.05. The molecule has 0 aliphatic carbocycles. The highest BCUT2D eigenvalue weighted by molar-refractivity contribution is 5.48. The average Bonchev–Trinajstić information content (AvgIpc) is 2.52. The van der Waals surface area contributed by atoms with E-state index in [1.54, 1.807) is 29.8 Å². The second-order valence-electron chi connectivity index (χ2n) is 2.72. The molecule has 0 saturated heterocycles. The third-order valence-electron chi connectivity index (χ3n) is 1.99. The molecule has 0 fully saturated rings. The molecule has 2 aromatic heterocycles. The molecule has 0 aliphatic rings. The number of pyridine rings is 1. The average molecular weight is 177 g/mol. The Morgan fingerprint density at radius 1 is 1.54 bits per heavy atom. The van der Waals surface area contributed by atoms with Gasteiger partial charge in [0.05, 0.1) is 10.6 Å². The number of aromatic nitrogens is 2. The highest BCUT2D eigenvalue weighted by Gasteiger charge is 2.12. The molecule has 0 atom stereocenters. The van der Waals surface area contributed by atoms with Gasteiger partial charge in [0.15, 0.2) is 0 Å². The molecule has 2 heterocycles. The zero-order chi connectivity index (χ0) is 9.42. The lowest BCUT2D eigenvalue weighted by Crippen LogP contribution is -1.97. The van der Waals surface area contributed by atoms with Gasteiger partial charge in [-0.3, -0.25) is 14.5 Å². The number of nitrogens with zero attached hydrogens (tertiary/aromatic N) is 3. The Kier molecular flexibility index (Phi) is 1.51. The van der Waals surface area contributed by atoms with Crippen molar-refractivity contribution in [2.24, 2.45) is 0 Å². The van der Waals surface area contributed by atoms with Gasteiger partial charge < -0.3 is 0 Å². The summed E-state index contributed by atoms with van der Waals surface area (Å²) in [5.41, 5.74) is 1.44. The molecule has 5 nitrogen and oxygen atoms in total. The summed E-state index contributed by atoms with van der Waals surface area (Å²) >= 11 is 0. The second-order valence-corrected chi connectivity index (χ2v) is 2.72. The van der Waals surface area contributed by atoms with Crippen molar-refractivity contribution < 1.29 is 4.92 Å². The monoisotopic (exact) mass is 177 g/mol. The van der Waals surface area contributed by atoms with Crippen LogP contribution in [0.5, 0.6) is 0 Å². The van der Waals surface area contributed by atoms with Crippen molar-refractivity contribution in [3.05, 3.63) is 40.3 Å². The van der Waals surface area contributed by atoms with Crippen LogP contribution in [0.25, 0.3) is 5.65 Å². The van der Waals surface area contributed by atoms with Gasteiger partial charge in [0, 0.05) is 18.5 Å². The standard InChI is InChI=1S/C8H7N3O2/c1-6-7(11(12)13)2-3-8-9-4-5-10(6)8/h2-5H,1H3. The molecular weight excluding hydrogens is 170 g/mol. The molecule has 0 unspecified atom stereocenters. The molecule has 0 radical (unpaired) electrons. The summed E-state index contributed by atoms with van der Waals surface area (Å²) in [5.74, 6) is 0. The number of hydrogen-bond acceptors (Lipinski definition) is 3. The smallest absolute Gasteiger partial charge is 0.288 e. The van der Waals surface area contributed by atoms with Crippen LogP contribution in [0.1, 0.15) is 5.69 Å². The largest absolute Gasteiger partial charge is 0.298 e. The van der Waals surface area contributed by atoms with Crippen molar-refractivity contribution in [1.29, 1.82) is 0 Å². The van der Waals surface area contributed by atoms with Crippen LogP contribution in [0, 0.1) is 17.0 Å². The fourth-order valence-corrected chi connectivity index (χ4v) is 1.31. The minimum atomic E-state index is -0.394. The van der Waals surface area contributed by atoms with Crippen LogP contribution in [0.2, 0.25) is 0 Å². The summed E-state index contributed by atoms with van der Waals surface area (Å²) < 4.78 is 1.69. The number of imidazole rings is 1. The summed E-state index contributed by atoms with van der Waals surface area (Å²) in [4.78, 5) is 14.2. The fraction of sp³-hybridized carbons (Fsp3) is 0.125. The molecule has 2 rings (SSSR count). The molecule has 66 valence electrons. The Labute approximate surface area is 73.8 Å². The topological polar surface area (TPSA) is 60.4 Å². The van der Waals surface area contributed by atoms with Crippen LogP contribution in [-0.4, -0.2) is 14.3 Å². The predicted octanol–water partition coefficient (Wildman–Crippen LogP) is 1.55. The van der Waals surface area contributed by atoms with Gasteiger partial charge in [-0.05, 0) is 13.0 Å². The van der Waals surface area contributed by atoms with E-state index in [1.165, 1.54) is 6.07 Å². The number of nitro groups is 1. The highest BCUT2D eigenvalue weighted by atomic mass is 16.6. The van der Waals surface area contributed by atoms with E-state index in [0.717, 1.165) is 5.65 Å². The molecule has 0 spiro atoms. The molecule has 0 aliphatic heterocycles. The minimum absolute atomic E-state index is 0.116. The van der Waals surface area contributed by atoms with Gasteiger partial charge in [0.2, 0.25) is 0 Å². The first kappa shape index (κ1) is 7.72. The van der Waals surface area contributed by atoms with Crippen LogP contribution in [0.3, 0.4) is 0 Å². The van der Waals surface area contributed by atoms with Gasteiger partial charge in [-0.25, -0.2) is 4.98 Å². The van der Waals surface area contributed by atoms with E-state index in [-0.39, 0.29) is 5.69 Å². The summed E-state index contributed by atoms with van der Waals surface area (Å²) in [7, 11) is 0. The molecule has 0 N–H and O–H groups in total. The van der Waals surface area contributed by atoms with Gasteiger partial charge in [-0.15, -0.1) is 0 Å². The summed E-state index contributed by atoms with van der Waals surface area (Å²) in [6, 6.07) is 3.10. The summed E-state index contributed by atoms with van der Waals surface area (Å²) in [6.07, 6.45) is 3.32. The Hall–Kier alpha value is -1.91. The fourth-order valence-electron chi connectivity index (χ4n) is 1.31. The third-order valence-corrected chi connectivity index (χ3v) is 1.99. The second kappa shape index (κ2) is 2.55. The Morgan fingerprint density at radius 2 is 2.31 bits per heavy atom. The van der Waals surface area contributed by atoms with E-state index < -0.39 is 4.92 Å². The normalized spacial score (nSPS) is 10.5. The van der Waals surface area contributed by atoms with E-state index in [1.807, 2.05) is 0 Å². The molecule has 2 aromatic rings. The molecule has 5 heteroatoms. The maximum atomic E-state index is 10.6. The molecule has 0 amide bonds. The number of aryl methyl sites for hydroxylation is 1. The van der Waals surface area contributed by atoms with Gasteiger partial charge in [-0.2, -0.15) is 0 Å². The SMILES string of the molecule is Cc1c([N+](=O)[O-])ccc2nccn12. The van der Waals surface area contributed by atoms with Crippen molar-refractivity contribution >= 4 is 11.3 Å². The zero-order valence-electron chi connectivity index (χ0n) is 6.97. The molecule has 13 heavy (non-hydrogen) atoms. The van der Waals surface area contributed by atoms with E-state index in [0.29, 0.717) is 5.69 Å². The minimum Gasteiger partial charge on any atom is -0.298 e. The van der Waals surface area contributed by atoms with Crippen molar-refractivity contribution in [2.45, 2.75) is 6.92 Å². The van der Waals surface area contributed by atoms with E-state index in [9.17, 15) is 10.1 Å². The maximum absolute atomic E-state index is 10.6. The molecular formula is C8H7N3O2. The van der Waals surface area contributed by atoms with Crippen LogP contribution in [0.15, 0.2) is 24.5 Å². The lowest BCUT2D eigenvalue weighted by atomic mass is 10.3. The van der Waals surface area contributed by atoms with Crippen molar-refractivity contribution in [2.75, 3.05) is 0 Å². The lowest BCUT2D eigenvalue weighted by Gasteiger charge is -1.99. The van der Waals surface area contributed by atoms with Gasteiger partial charge in [-0.1, -0.05) is 0 Å². The van der Waals surface area contributed by atoms with Crippen molar-refractivity contribution in [1.82, 2.24) is 9.38 Å². The highest BCUT2D eigenvalue weighted by Crippen LogP contribution is 2.18. The molecule has 0 bridgehead atoms. The number of rotatable bonds is 1. The van der Waals surface area contributed by atoms with Gasteiger partial charge >= 0.3 is 0 Å². The first-order chi connectivity index (χ1) is 6.20. The van der Waals surface area contributed by atoms with Gasteiger partial charge in [0.1, 0.15) is 5.65 Å². The van der Waals surface area contributed by atoms with Crippen LogP contribution >= 0.6 is 0 Å². The van der Waals surface area contributed by atoms with E-state index >= 15 is 0 Å². The quantitative estimate of drug-likeness (QED) is 0.490. The van der Waals surface area contributed by atoms with E-state index in [4.69, 9.17) is 0 Å². The Bertz CT molecular complexity index is 475. The van der Waals surface area contributed by atoms with Crippen LogP contribution < -0.4 is 0 Å². The van der Waals surface area contributed by atoms with Crippen molar-refractivity contribution in [3.8, 4) is 0 Å². The zero-order valence-corrected chi connectivity index (χ0v) is 6.97. The molecule has 0 saturated carbocycles. The predicted molar refractivity (Wildman–Crippen MR) is 46.6 cm³/mol. The summed E-state index contributed by atoms with van der Waals surface area (Å²) in [6.45, 7) is 1.70. The number of hydrogen-bond donors (Lipinski definition) is 0. The first-order valence-corrected chi connectivity index (χ1v) is 3.77. The Balaban J connectivity index is 2.80. The number of fused-ring (bicyclic) bond motifs is 1. The van der Waals surface area contributed by atoms with Gasteiger partial charge in [0.25, 0.3) is 5.69 Å². The first-order valence-electron chi connectivity index (χ1n) is 3.77. The Morgan fingerprint density at radius 3 is 3.00 bits per heavy atom. The maximum Gasteiger partial charge on any atom is 0.288 e. The van der Waals surface area contributed by atoms with E-state index in [2.05, 4.69) is 4.98 Å². The lowest BCUT2D eigenvalue weighted by molar-refractivity contribution is -0.385. The van der Waals surface area contributed by atoms with Crippen LogP contribution in [0.4, 0.5) is 5.69 Å². The van der Waals surface area contributed by atoms with Crippen LogP contribution in [-0.2, 0) is 0 Å². The molecule has 0 aromatic carbocycles. The van der Waals surface area contributed by atoms with Crippen molar-refractivity contribution in [3.63, 3.8) is 0 Å².